The maximum Gasteiger partial charge on any atom is 0.0958 e. The van der Waals surface area contributed by atoms with Gasteiger partial charge < -0.3 is 9.88 Å². The van der Waals surface area contributed by atoms with E-state index in [-0.39, 0.29) is 0 Å². The lowest BCUT2D eigenvalue weighted by Gasteiger charge is -2.17. The number of aryl methyl sites for hydroxylation is 1. The molecule has 0 bridgehead atoms. The first-order chi connectivity index (χ1) is 10.3. The Kier molecular flexibility index (Phi) is 4.31. The summed E-state index contributed by atoms with van der Waals surface area (Å²) in [5.41, 5.74) is 3.35. The zero-order chi connectivity index (χ0) is 14.7. The zero-order valence-corrected chi connectivity index (χ0v) is 13.2. The van der Waals surface area contributed by atoms with Crippen molar-refractivity contribution in [1.82, 2.24) is 19.9 Å². The number of imidazole rings is 1. The van der Waals surface area contributed by atoms with E-state index in [0.717, 1.165) is 30.7 Å². The van der Waals surface area contributed by atoms with Crippen molar-refractivity contribution in [3.8, 4) is 0 Å². The highest BCUT2D eigenvalue weighted by Crippen LogP contribution is 2.15. The van der Waals surface area contributed by atoms with Gasteiger partial charge in [-0.05, 0) is 25.6 Å². The van der Waals surface area contributed by atoms with Crippen LogP contribution >= 0.6 is 11.3 Å². The van der Waals surface area contributed by atoms with E-state index >= 15 is 0 Å². The van der Waals surface area contributed by atoms with Crippen LogP contribution in [0.25, 0.3) is 11.0 Å². The fourth-order valence-corrected chi connectivity index (χ4v) is 3.44. The van der Waals surface area contributed by atoms with Gasteiger partial charge in [0.05, 0.1) is 22.4 Å². The zero-order valence-electron chi connectivity index (χ0n) is 12.4. The van der Waals surface area contributed by atoms with Gasteiger partial charge in [0, 0.05) is 30.1 Å². The number of benzene rings is 1. The van der Waals surface area contributed by atoms with Crippen LogP contribution in [0.15, 0.2) is 36.0 Å². The molecule has 0 amide bonds. The summed E-state index contributed by atoms with van der Waals surface area (Å²) in [6, 6.07) is 8.64. The minimum Gasteiger partial charge on any atom is -0.329 e. The van der Waals surface area contributed by atoms with Gasteiger partial charge in [-0.15, -0.1) is 11.3 Å². The van der Waals surface area contributed by atoms with Gasteiger partial charge in [0.2, 0.25) is 0 Å². The van der Waals surface area contributed by atoms with E-state index < -0.39 is 0 Å². The molecule has 1 N–H and O–H groups in total. The lowest BCUT2D eigenvalue weighted by Crippen LogP contribution is -2.34. The van der Waals surface area contributed by atoms with Crippen LogP contribution in [0.2, 0.25) is 0 Å². The molecule has 0 radical (unpaired) electrons. The highest BCUT2D eigenvalue weighted by molar-refractivity contribution is 7.09. The molecule has 1 aromatic carbocycles. The Morgan fingerprint density at radius 3 is 2.95 bits per heavy atom. The monoisotopic (exact) mass is 300 g/mol. The molecule has 0 aliphatic rings. The van der Waals surface area contributed by atoms with Crippen LogP contribution < -0.4 is 5.32 Å². The normalized spacial score (nSPS) is 12.9. The van der Waals surface area contributed by atoms with Crippen molar-refractivity contribution < 1.29 is 0 Å². The lowest BCUT2D eigenvalue weighted by molar-refractivity contribution is 0.460. The van der Waals surface area contributed by atoms with Crippen molar-refractivity contribution in [1.29, 1.82) is 0 Å². The fourth-order valence-electron chi connectivity index (χ4n) is 2.59. The van der Waals surface area contributed by atoms with E-state index in [1.165, 1.54) is 10.5 Å². The number of rotatable bonds is 6. The molecule has 0 saturated carbocycles. The Hall–Kier alpha value is -1.72. The van der Waals surface area contributed by atoms with Crippen molar-refractivity contribution in [2.24, 2.45) is 0 Å². The van der Waals surface area contributed by atoms with Crippen LogP contribution in [-0.2, 0) is 13.0 Å². The molecule has 3 rings (SSSR count). The first-order valence-electron chi connectivity index (χ1n) is 7.30. The molecule has 0 aliphatic heterocycles. The molecule has 0 fully saturated rings. The maximum atomic E-state index is 4.58. The first kappa shape index (κ1) is 14.2. The Morgan fingerprint density at radius 2 is 2.19 bits per heavy atom. The van der Waals surface area contributed by atoms with Crippen LogP contribution in [0, 0.1) is 6.92 Å². The molecule has 0 saturated heterocycles. The molecule has 0 aliphatic carbocycles. The number of para-hydroxylation sites is 2. The number of hydrogen-bond donors (Lipinski definition) is 1. The van der Waals surface area contributed by atoms with Gasteiger partial charge in [-0.3, -0.25) is 0 Å². The summed E-state index contributed by atoms with van der Waals surface area (Å²) >= 11 is 1.74. The topological polar surface area (TPSA) is 42.7 Å². The van der Waals surface area contributed by atoms with E-state index in [1.54, 1.807) is 11.3 Å². The summed E-state index contributed by atoms with van der Waals surface area (Å²) in [5, 5.41) is 6.87. The smallest absolute Gasteiger partial charge is 0.0958 e. The molecule has 0 spiro atoms. The summed E-state index contributed by atoms with van der Waals surface area (Å²) < 4.78 is 2.23. The highest BCUT2D eigenvalue weighted by atomic mass is 32.1. The highest BCUT2D eigenvalue weighted by Gasteiger charge is 2.13. The van der Waals surface area contributed by atoms with Gasteiger partial charge in [0.15, 0.2) is 0 Å². The summed E-state index contributed by atoms with van der Waals surface area (Å²) in [7, 11) is 0. The molecule has 110 valence electrons. The average molecular weight is 300 g/mol. The molecular formula is C16H20N4S. The number of thiazole rings is 1. The number of hydrogen-bond acceptors (Lipinski definition) is 4. The largest absolute Gasteiger partial charge is 0.329 e. The Balaban J connectivity index is 1.78. The molecule has 21 heavy (non-hydrogen) atoms. The second-order valence-corrected chi connectivity index (χ2v) is 6.17. The van der Waals surface area contributed by atoms with Crippen LogP contribution in [0.5, 0.6) is 0 Å². The second kappa shape index (κ2) is 6.37. The molecule has 5 heteroatoms. The number of likely N-dealkylation sites (N-methyl/N-ethyl adjacent to an activating group) is 1. The van der Waals surface area contributed by atoms with Crippen molar-refractivity contribution in [3.63, 3.8) is 0 Å². The van der Waals surface area contributed by atoms with E-state index in [9.17, 15) is 0 Å². The van der Waals surface area contributed by atoms with Crippen molar-refractivity contribution in [2.75, 3.05) is 6.54 Å². The molecule has 2 aromatic heterocycles. The van der Waals surface area contributed by atoms with E-state index in [1.807, 2.05) is 19.3 Å². The molecule has 3 aromatic rings. The average Bonchev–Trinajstić information content (AvgIpc) is 3.06. The van der Waals surface area contributed by atoms with E-state index in [0.29, 0.717) is 6.04 Å². The predicted octanol–water partition coefficient (Wildman–Crippen LogP) is 3.02. The van der Waals surface area contributed by atoms with Gasteiger partial charge in [0.25, 0.3) is 0 Å². The second-order valence-electron chi connectivity index (χ2n) is 5.23. The number of nitrogens with zero attached hydrogens (tertiary/aromatic N) is 3. The Morgan fingerprint density at radius 1 is 1.33 bits per heavy atom. The maximum absolute atomic E-state index is 4.58. The first-order valence-corrected chi connectivity index (χ1v) is 8.18. The van der Waals surface area contributed by atoms with E-state index in [4.69, 9.17) is 0 Å². The third-order valence-electron chi connectivity index (χ3n) is 3.52. The van der Waals surface area contributed by atoms with Crippen LogP contribution in [0.1, 0.15) is 17.6 Å². The number of aromatic nitrogens is 3. The third kappa shape index (κ3) is 3.31. The minimum absolute atomic E-state index is 0.373. The van der Waals surface area contributed by atoms with Gasteiger partial charge in [-0.2, -0.15) is 0 Å². The van der Waals surface area contributed by atoms with Crippen molar-refractivity contribution in [2.45, 2.75) is 32.9 Å². The minimum atomic E-state index is 0.373. The van der Waals surface area contributed by atoms with Gasteiger partial charge in [0.1, 0.15) is 0 Å². The molecule has 1 atom stereocenters. The van der Waals surface area contributed by atoms with Crippen LogP contribution in [0.3, 0.4) is 0 Å². The standard InChI is InChI=1S/C16H20N4S/c1-3-17-13(8-16-19-12(2)10-21-16)9-20-11-18-14-6-4-5-7-15(14)20/h4-7,10-11,13,17H,3,8-9H2,1-2H3. The summed E-state index contributed by atoms with van der Waals surface area (Å²) in [5.74, 6) is 0. The number of fused-ring (bicyclic) bond motifs is 1. The van der Waals surface area contributed by atoms with Gasteiger partial charge in [-0.25, -0.2) is 9.97 Å². The van der Waals surface area contributed by atoms with Gasteiger partial charge >= 0.3 is 0 Å². The molecule has 1 unspecified atom stereocenters. The molecular weight excluding hydrogens is 280 g/mol. The molecule has 2 heterocycles. The van der Waals surface area contributed by atoms with E-state index in [2.05, 4.69) is 50.4 Å². The van der Waals surface area contributed by atoms with Crippen LogP contribution in [0.4, 0.5) is 0 Å². The summed E-state index contributed by atoms with van der Waals surface area (Å²) in [6.07, 6.45) is 2.89. The Labute approximate surface area is 128 Å². The van der Waals surface area contributed by atoms with Gasteiger partial charge in [-0.1, -0.05) is 19.1 Å². The molecule has 4 nitrogen and oxygen atoms in total. The van der Waals surface area contributed by atoms with Crippen molar-refractivity contribution in [3.05, 3.63) is 46.7 Å². The summed E-state index contributed by atoms with van der Waals surface area (Å²) in [6.45, 7) is 6.06. The number of nitrogens with one attached hydrogen (secondary N) is 1. The fraction of sp³-hybridized carbons (Fsp3) is 0.375. The SMILES string of the molecule is CCNC(Cc1nc(C)cs1)Cn1cnc2ccccc21. The lowest BCUT2D eigenvalue weighted by atomic mass is 10.2. The predicted molar refractivity (Wildman–Crippen MR) is 87.8 cm³/mol. The Bertz CT molecular complexity index is 716. The quantitative estimate of drug-likeness (QED) is 0.761. The van der Waals surface area contributed by atoms with Crippen molar-refractivity contribution >= 4 is 22.4 Å². The summed E-state index contributed by atoms with van der Waals surface area (Å²) in [4.78, 5) is 9.04. The third-order valence-corrected chi connectivity index (χ3v) is 4.51. The van der Waals surface area contributed by atoms with Crippen LogP contribution in [-0.4, -0.2) is 27.1 Å².